The van der Waals surface area contributed by atoms with Crippen molar-refractivity contribution in [2.75, 3.05) is 11.9 Å². The molecule has 0 bridgehead atoms. The predicted octanol–water partition coefficient (Wildman–Crippen LogP) is 3.67. The van der Waals surface area contributed by atoms with Gasteiger partial charge in [0, 0.05) is 13.6 Å². The van der Waals surface area contributed by atoms with Crippen molar-refractivity contribution in [3.8, 4) is 0 Å². The first-order valence-electron chi connectivity index (χ1n) is 5.86. The zero-order chi connectivity index (χ0) is 13.8. The molecule has 0 heterocycles. The van der Waals surface area contributed by atoms with Gasteiger partial charge in [-0.3, -0.25) is 0 Å². The molecule has 0 aliphatic rings. The number of rotatable bonds is 4. The molecule has 0 aliphatic carbocycles. The monoisotopic (exact) mass is 275 g/mol. The summed E-state index contributed by atoms with van der Waals surface area (Å²) < 4.78 is 0. The quantitative estimate of drug-likeness (QED) is 0.925. The summed E-state index contributed by atoms with van der Waals surface area (Å²) in [5.74, 6) is -0.915. The van der Waals surface area contributed by atoms with Crippen molar-refractivity contribution in [2.24, 2.45) is 0 Å². The van der Waals surface area contributed by atoms with E-state index in [1.54, 1.807) is 18.2 Å². The molecule has 0 atom stereocenters. The zero-order valence-corrected chi connectivity index (χ0v) is 11.3. The van der Waals surface area contributed by atoms with Gasteiger partial charge in [-0.25, -0.2) is 4.79 Å². The van der Waals surface area contributed by atoms with Gasteiger partial charge in [0.15, 0.2) is 0 Å². The molecular weight excluding hydrogens is 262 g/mol. The topological polar surface area (TPSA) is 40.5 Å². The van der Waals surface area contributed by atoms with Gasteiger partial charge in [-0.15, -0.1) is 0 Å². The summed E-state index contributed by atoms with van der Waals surface area (Å²) in [4.78, 5) is 12.9. The highest BCUT2D eigenvalue weighted by atomic mass is 35.5. The van der Waals surface area contributed by atoms with E-state index >= 15 is 0 Å². The normalized spacial score (nSPS) is 10.2. The maximum atomic E-state index is 10.9. The predicted molar refractivity (Wildman–Crippen MR) is 77.0 cm³/mol. The van der Waals surface area contributed by atoms with Crippen LogP contribution in [0.1, 0.15) is 15.9 Å². The highest BCUT2D eigenvalue weighted by molar-refractivity contribution is 6.33. The minimum atomic E-state index is -0.915. The summed E-state index contributed by atoms with van der Waals surface area (Å²) in [6.07, 6.45) is 0. The summed E-state index contributed by atoms with van der Waals surface area (Å²) in [6.45, 7) is 0.602. The van der Waals surface area contributed by atoms with Crippen molar-refractivity contribution in [2.45, 2.75) is 6.54 Å². The Morgan fingerprint density at radius 3 is 2.63 bits per heavy atom. The third-order valence-corrected chi connectivity index (χ3v) is 3.18. The van der Waals surface area contributed by atoms with E-state index in [-0.39, 0.29) is 0 Å². The Labute approximate surface area is 117 Å². The van der Waals surface area contributed by atoms with E-state index in [2.05, 4.69) is 0 Å². The van der Waals surface area contributed by atoms with Crippen molar-refractivity contribution in [1.29, 1.82) is 0 Å². The number of hydrogen-bond acceptors (Lipinski definition) is 2. The number of anilines is 1. The Hall–Kier alpha value is -2.00. The first-order valence-corrected chi connectivity index (χ1v) is 6.23. The first kappa shape index (κ1) is 13.4. The van der Waals surface area contributed by atoms with Crippen LogP contribution in [0.15, 0.2) is 48.5 Å². The number of para-hydroxylation sites is 1. The van der Waals surface area contributed by atoms with E-state index in [0.29, 0.717) is 17.1 Å². The molecule has 2 rings (SSSR count). The molecule has 3 nitrogen and oxygen atoms in total. The van der Waals surface area contributed by atoms with Crippen LogP contribution in [0, 0.1) is 0 Å². The van der Waals surface area contributed by atoms with Crippen LogP contribution < -0.4 is 4.90 Å². The van der Waals surface area contributed by atoms with Gasteiger partial charge in [-0.2, -0.15) is 0 Å². The molecule has 2 aromatic rings. The smallest absolute Gasteiger partial charge is 0.335 e. The average Bonchev–Trinajstić information content (AvgIpc) is 2.39. The van der Waals surface area contributed by atoms with Crippen LogP contribution in [0.2, 0.25) is 5.02 Å². The fourth-order valence-corrected chi connectivity index (χ4v) is 2.20. The number of carbonyl (C=O) groups is 1. The Morgan fingerprint density at radius 1 is 1.21 bits per heavy atom. The van der Waals surface area contributed by atoms with Gasteiger partial charge < -0.3 is 10.0 Å². The summed E-state index contributed by atoms with van der Waals surface area (Å²) in [6, 6.07) is 14.5. The van der Waals surface area contributed by atoms with Crippen LogP contribution in [0.25, 0.3) is 0 Å². The summed E-state index contributed by atoms with van der Waals surface area (Å²) >= 11 is 6.13. The Balaban J connectivity index is 2.19. The molecule has 0 aliphatic heterocycles. The average molecular weight is 276 g/mol. The number of nitrogens with zero attached hydrogens (tertiary/aromatic N) is 1. The number of aromatic carboxylic acids is 1. The fraction of sp³-hybridized carbons (Fsp3) is 0.133. The standard InChI is InChI=1S/C15H14ClNO2/c1-17(14-8-3-2-7-13(14)16)10-11-5-4-6-12(9-11)15(18)19/h2-9H,10H2,1H3,(H,18,19). The van der Waals surface area contributed by atoms with Gasteiger partial charge in [0.05, 0.1) is 16.3 Å². The Bertz CT molecular complexity index is 598. The minimum Gasteiger partial charge on any atom is -0.478 e. The second-order valence-electron chi connectivity index (χ2n) is 4.31. The van der Waals surface area contributed by atoms with E-state index in [9.17, 15) is 4.79 Å². The maximum Gasteiger partial charge on any atom is 0.335 e. The van der Waals surface area contributed by atoms with Crippen molar-refractivity contribution >= 4 is 23.3 Å². The van der Waals surface area contributed by atoms with Crippen molar-refractivity contribution in [3.05, 3.63) is 64.7 Å². The van der Waals surface area contributed by atoms with E-state index in [1.165, 1.54) is 0 Å². The zero-order valence-electron chi connectivity index (χ0n) is 10.5. The third-order valence-electron chi connectivity index (χ3n) is 2.86. The molecule has 19 heavy (non-hydrogen) atoms. The molecule has 0 radical (unpaired) electrons. The molecule has 98 valence electrons. The van der Waals surface area contributed by atoms with Gasteiger partial charge in [0.2, 0.25) is 0 Å². The first-order chi connectivity index (χ1) is 9.08. The largest absolute Gasteiger partial charge is 0.478 e. The fourth-order valence-electron chi connectivity index (χ4n) is 1.92. The molecule has 1 N–H and O–H groups in total. The van der Waals surface area contributed by atoms with Gasteiger partial charge in [-0.05, 0) is 29.8 Å². The molecular formula is C15H14ClNO2. The molecule has 0 fully saturated rings. The van der Waals surface area contributed by atoms with Crippen LogP contribution in [0.5, 0.6) is 0 Å². The van der Waals surface area contributed by atoms with Crippen molar-refractivity contribution < 1.29 is 9.90 Å². The van der Waals surface area contributed by atoms with E-state index in [4.69, 9.17) is 16.7 Å². The number of hydrogen-bond donors (Lipinski definition) is 1. The number of carboxylic acid groups (broad SMARTS) is 1. The summed E-state index contributed by atoms with van der Waals surface area (Å²) in [5, 5.41) is 9.65. The minimum absolute atomic E-state index is 0.296. The van der Waals surface area contributed by atoms with Crippen LogP contribution in [0.3, 0.4) is 0 Å². The van der Waals surface area contributed by atoms with Crippen LogP contribution in [0.4, 0.5) is 5.69 Å². The molecule has 0 spiro atoms. The molecule has 0 amide bonds. The highest BCUT2D eigenvalue weighted by Gasteiger charge is 2.08. The lowest BCUT2D eigenvalue weighted by Gasteiger charge is -2.20. The van der Waals surface area contributed by atoms with Gasteiger partial charge in [-0.1, -0.05) is 35.9 Å². The van der Waals surface area contributed by atoms with Gasteiger partial charge in [0.25, 0.3) is 0 Å². The molecule has 2 aromatic carbocycles. The molecule has 4 heteroatoms. The lowest BCUT2D eigenvalue weighted by Crippen LogP contribution is -2.17. The summed E-state index contributed by atoms with van der Waals surface area (Å²) in [7, 11) is 1.93. The number of halogens is 1. The second-order valence-corrected chi connectivity index (χ2v) is 4.72. The van der Waals surface area contributed by atoms with Gasteiger partial charge in [0.1, 0.15) is 0 Å². The molecule has 0 saturated heterocycles. The molecule has 0 saturated carbocycles. The van der Waals surface area contributed by atoms with E-state index in [0.717, 1.165) is 11.3 Å². The lowest BCUT2D eigenvalue weighted by molar-refractivity contribution is 0.0696. The molecule has 0 unspecified atom stereocenters. The van der Waals surface area contributed by atoms with Crippen molar-refractivity contribution in [1.82, 2.24) is 0 Å². The number of benzene rings is 2. The van der Waals surface area contributed by atoms with Gasteiger partial charge >= 0.3 is 5.97 Å². The third kappa shape index (κ3) is 3.26. The van der Waals surface area contributed by atoms with E-state index < -0.39 is 5.97 Å². The number of carboxylic acids is 1. The van der Waals surface area contributed by atoms with Crippen LogP contribution in [-0.2, 0) is 6.54 Å². The van der Waals surface area contributed by atoms with Crippen molar-refractivity contribution in [3.63, 3.8) is 0 Å². The van der Waals surface area contributed by atoms with E-state index in [1.807, 2.05) is 42.3 Å². The highest BCUT2D eigenvalue weighted by Crippen LogP contribution is 2.25. The Morgan fingerprint density at radius 2 is 1.95 bits per heavy atom. The maximum absolute atomic E-state index is 10.9. The van der Waals surface area contributed by atoms with Crippen LogP contribution in [-0.4, -0.2) is 18.1 Å². The second kappa shape index (κ2) is 5.76. The summed E-state index contributed by atoms with van der Waals surface area (Å²) in [5.41, 5.74) is 2.15. The van der Waals surface area contributed by atoms with Crippen LogP contribution >= 0.6 is 11.6 Å². The molecule has 0 aromatic heterocycles. The lowest BCUT2D eigenvalue weighted by atomic mass is 10.1. The Kier molecular flexibility index (Phi) is 4.07. The SMILES string of the molecule is CN(Cc1cccc(C(=O)O)c1)c1ccccc1Cl.